The molecule has 6 N–H and O–H groups in total. The fourth-order valence-corrected chi connectivity index (χ4v) is 4.31. The number of carbonyl (C=O) groups is 2. The Bertz CT molecular complexity index is 1270. The van der Waals surface area contributed by atoms with Crippen LogP contribution in [0, 0.1) is 0 Å². The topological polar surface area (TPSA) is 145 Å². The molecule has 0 bridgehead atoms. The third-order valence-corrected chi connectivity index (χ3v) is 6.98. The summed E-state index contributed by atoms with van der Waals surface area (Å²) in [6.45, 7) is 3.34. The van der Waals surface area contributed by atoms with Crippen LogP contribution < -0.4 is 26.8 Å². The molecule has 0 unspecified atom stereocenters. The van der Waals surface area contributed by atoms with E-state index in [4.69, 9.17) is 27.8 Å². The van der Waals surface area contributed by atoms with Crippen LogP contribution in [-0.4, -0.2) is 66.5 Å². The lowest BCUT2D eigenvalue weighted by Gasteiger charge is -2.30. The first-order chi connectivity index (χ1) is 19.6. The lowest BCUT2D eigenvalue weighted by Crippen LogP contribution is -2.46. The lowest BCUT2D eigenvalue weighted by molar-refractivity contribution is -0.889. The largest absolute Gasteiger partial charge is 0.489 e. The van der Waals surface area contributed by atoms with Crippen LogP contribution in [0.25, 0.3) is 0 Å². The highest BCUT2D eigenvalue weighted by Gasteiger charge is 2.18. The highest BCUT2D eigenvalue weighted by molar-refractivity contribution is 6.31. The third-order valence-electron chi connectivity index (χ3n) is 6.70. The third kappa shape index (κ3) is 11.3. The van der Waals surface area contributed by atoms with Gasteiger partial charge in [0, 0.05) is 13.0 Å². The molecule has 11 heteroatoms. The highest BCUT2D eigenvalue weighted by atomic mass is 35.5. The van der Waals surface area contributed by atoms with Gasteiger partial charge in [-0.3, -0.25) is 9.59 Å². The molecule has 3 rings (SSSR count). The van der Waals surface area contributed by atoms with E-state index < -0.39 is 5.91 Å². The number of unbranched alkanes of at least 4 members (excludes halogenated alkanes) is 2. The lowest BCUT2D eigenvalue weighted by atomic mass is 10.1. The maximum Gasteiger partial charge on any atom is 0.273 e. The van der Waals surface area contributed by atoms with Gasteiger partial charge in [0.2, 0.25) is 5.91 Å². The SMILES string of the molecule is C[N+](C)(CCCCCNC(=O)CCc1ccc(OCc2ccccc2)cc1)CCNC(=O)c1nc(Cl)c(N)nc1N. The Labute approximate surface area is 247 Å². The minimum Gasteiger partial charge on any atom is -0.489 e. The van der Waals surface area contributed by atoms with E-state index in [9.17, 15) is 9.59 Å². The second-order valence-electron chi connectivity index (χ2n) is 10.6. The van der Waals surface area contributed by atoms with Crippen molar-refractivity contribution in [2.45, 2.75) is 38.7 Å². The van der Waals surface area contributed by atoms with Crippen molar-refractivity contribution in [1.82, 2.24) is 20.6 Å². The van der Waals surface area contributed by atoms with Crippen LogP contribution >= 0.6 is 11.6 Å². The number of aromatic nitrogens is 2. The molecule has 0 fully saturated rings. The van der Waals surface area contributed by atoms with Crippen molar-refractivity contribution < 1.29 is 18.8 Å². The normalized spacial score (nSPS) is 11.2. The maximum absolute atomic E-state index is 12.4. The average Bonchev–Trinajstić information content (AvgIpc) is 2.95. The van der Waals surface area contributed by atoms with Gasteiger partial charge in [-0.05, 0) is 48.9 Å². The number of amides is 2. The van der Waals surface area contributed by atoms with Gasteiger partial charge < -0.3 is 31.3 Å². The first-order valence-corrected chi connectivity index (χ1v) is 14.2. The van der Waals surface area contributed by atoms with E-state index >= 15 is 0 Å². The first kappa shape index (κ1) is 31.6. The fourth-order valence-electron chi connectivity index (χ4n) is 4.19. The van der Waals surface area contributed by atoms with Crippen molar-refractivity contribution in [1.29, 1.82) is 0 Å². The second-order valence-corrected chi connectivity index (χ2v) is 11.0. The molecule has 0 aliphatic heterocycles. The Morgan fingerprint density at radius 1 is 0.854 bits per heavy atom. The number of likely N-dealkylation sites (N-methyl/N-ethyl adjacent to an activating group) is 1. The smallest absolute Gasteiger partial charge is 0.273 e. The molecule has 0 spiro atoms. The summed E-state index contributed by atoms with van der Waals surface area (Å²) in [5.74, 6) is 0.387. The predicted molar refractivity (Wildman–Crippen MR) is 162 cm³/mol. The average molecular weight is 583 g/mol. The number of carbonyl (C=O) groups excluding carboxylic acids is 2. The Balaban J connectivity index is 1.23. The molecule has 41 heavy (non-hydrogen) atoms. The van der Waals surface area contributed by atoms with Crippen molar-refractivity contribution in [3.8, 4) is 5.75 Å². The summed E-state index contributed by atoms with van der Waals surface area (Å²) in [6, 6.07) is 18.0. The molecule has 0 saturated carbocycles. The van der Waals surface area contributed by atoms with Crippen molar-refractivity contribution in [3.63, 3.8) is 0 Å². The van der Waals surface area contributed by atoms with Crippen molar-refractivity contribution >= 4 is 35.1 Å². The molecule has 220 valence electrons. The van der Waals surface area contributed by atoms with Gasteiger partial charge in [0.1, 0.15) is 12.4 Å². The molecule has 3 aromatic rings. The molecule has 1 aromatic heterocycles. The number of nitrogen functional groups attached to an aromatic ring is 2. The monoisotopic (exact) mass is 582 g/mol. The van der Waals surface area contributed by atoms with Crippen LogP contribution in [0.5, 0.6) is 5.75 Å². The molecule has 0 atom stereocenters. The summed E-state index contributed by atoms with van der Waals surface area (Å²) in [5, 5.41) is 5.78. The first-order valence-electron chi connectivity index (χ1n) is 13.8. The van der Waals surface area contributed by atoms with Crippen LogP contribution in [-0.2, 0) is 17.8 Å². The molecule has 10 nitrogen and oxygen atoms in total. The van der Waals surface area contributed by atoms with Gasteiger partial charge in [-0.25, -0.2) is 9.97 Å². The van der Waals surface area contributed by atoms with Crippen molar-refractivity contribution in [2.75, 3.05) is 51.7 Å². The van der Waals surface area contributed by atoms with E-state index in [-0.39, 0.29) is 28.4 Å². The van der Waals surface area contributed by atoms with E-state index in [1.807, 2.05) is 54.6 Å². The number of anilines is 2. The van der Waals surface area contributed by atoms with Gasteiger partial charge in [-0.2, -0.15) is 0 Å². The Morgan fingerprint density at radius 3 is 2.32 bits per heavy atom. The van der Waals surface area contributed by atoms with Gasteiger partial charge in [-0.1, -0.05) is 54.1 Å². The Hall–Kier alpha value is -3.89. The number of nitrogens with zero attached hydrogens (tertiary/aromatic N) is 3. The molecule has 0 aliphatic rings. The van der Waals surface area contributed by atoms with Gasteiger partial charge in [0.05, 0.1) is 33.7 Å². The molecule has 0 aliphatic carbocycles. The van der Waals surface area contributed by atoms with Crippen LogP contribution in [0.3, 0.4) is 0 Å². The molecular weight excluding hydrogens is 542 g/mol. The van der Waals surface area contributed by atoms with Crippen LogP contribution in [0.2, 0.25) is 5.15 Å². The van der Waals surface area contributed by atoms with Crippen LogP contribution in [0.15, 0.2) is 54.6 Å². The summed E-state index contributed by atoms with van der Waals surface area (Å²) in [6.07, 6.45) is 4.10. The van der Waals surface area contributed by atoms with Crippen molar-refractivity contribution in [2.24, 2.45) is 0 Å². The number of hydrogen-bond acceptors (Lipinski definition) is 7. The summed E-state index contributed by atoms with van der Waals surface area (Å²) in [4.78, 5) is 32.4. The molecule has 2 amide bonds. The fraction of sp³-hybridized carbons (Fsp3) is 0.400. The van der Waals surface area contributed by atoms with E-state index in [0.717, 1.165) is 53.7 Å². The summed E-state index contributed by atoms with van der Waals surface area (Å²) in [5.41, 5.74) is 13.5. The van der Waals surface area contributed by atoms with E-state index in [1.54, 1.807) is 0 Å². The number of ether oxygens (including phenoxy) is 1. The number of rotatable bonds is 16. The number of halogens is 1. The van der Waals surface area contributed by atoms with Gasteiger partial charge in [-0.15, -0.1) is 0 Å². The second kappa shape index (κ2) is 15.8. The molecule has 0 saturated heterocycles. The number of nitrogens with two attached hydrogens (primary N) is 2. The number of hydrogen-bond donors (Lipinski definition) is 4. The zero-order valence-electron chi connectivity index (χ0n) is 23.9. The molecular formula is C30H41ClN7O3+. The quantitative estimate of drug-likeness (QED) is 0.149. The van der Waals surface area contributed by atoms with Gasteiger partial charge in [0.15, 0.2) is 22.5 Å². The Morgan fingerprint density at radius 2 is 1.59 bits per heavy atom. The molecule has 0 radical (unpaired) electrons. The minimum atomic E-state index is -0.433. The number of benzene rings is 2. The van der Waals surface area contributed by atoms with Crippen molar-refractivity contribution in [3.05, 3.63) is 76.6 Å². The molecule has 1 heterocycles. The summed E-state index contributed by atoms with van der Waals surface area (Å²) in [7, 11) is 4.23. The number of quaternary nitrogens is 1. The summed E-state index contributed by atoms with van der Waals surface area (Å²) >= 11 is 5.85. The van der Waals surface area contributed by atoms with Crippen LogP contribution in [0.4, 0.5) is 11.6 Å². The highest BCUT2D eigenvalue weighted by Crippen LogP contribution is 2.17. The standard InChI is InChI=1S/C30H40ClN7O3/c1-38(2,20-18-35-30(40)26-28(32)37-29(33)27(31)36-26)19-8-4-7-17-34-25(39)16-13-22-11-14-24(15-12-22)41-21-23-9-5-3-6-10-23/h3,5-6,9-12,14-15H,4,7-8,13,16-21H2,1-2H3,(H5-,32,33,34,35,37,39,40)/p+1. The predicted octanol–water partition coefficient (Wildman–Crippen LogP) is 3.60. The zero-order chi connectivity index (χ0) is 29.7. The Kier molecular flexibility index (Phi) is 12.2. The zero-order valence-corrected chi connectivity index (χ0v) is 24.6. The maximum atomic E-state index is 12.4. The van der Waals surface area contributed by atoms with E-state index in [0.29, 0.717) is 32.5 Å². The number of nitrogens with one attached hydrogen (secondary N) is 2. The van der Waals surface area contributed by atoms with Crippen LogP contribution in [0.1, 0.15) is 47.3 Å². The minimum absolute atomic E-state index is 0.00920. The van der Waals surface area contributed by atoms with Gasteiger partial charge in [0.25, 0.3) is 5.91 Å². The molecule has 2 aromatic carbocycles. The number of aryl methyl sites for hydroxylation is 1. The van der Waals surface area contributed by atoms with E-state index in [1.165, 1.54) is 0 Å². The van der Waals surface area contributed by atoms with E-state index in [2.05, 4.69) is 34.7 Å². The van der Waals surface area contributed by atoms with Gasteiger partial charge >= 0.3 is 0 Å². The summed E-state index contributed by atoms with van der Waals surface area (Å²) < 4.78 is 6.56.